The molecule has 130 valence electrons. The van der Waals surface area contributed by atoms with Crippen LogP contribution in [0.2, 0.25) is 0 Å². The Morgan fingerprint density at radius 2 is 2.04 bits per heavy atom. The highest BCUT2D eigenvalue weighted by Crippen LogP contribution is 2.44. The topological polar surface area (TPSA) is 71.8 Å². The maximum atomic E-state index is 12.8. The van der Waals surface area contributed by atoms with Crippen LogP contribution in [-0.4, -0.2) is 46.1 Å². The van der Waals surface area contributed by atoms with E-state index in [2.05, 4.69) is 0 Å². The predicted molar refractivity (Wildman–Crippen MR) is 90.5 cm³/mol. The zero-order chi connectivity index (χ0) is 17.6. The van der Waals surface area contributed by atoms with Crippen molar-refractivity contribution in [2.24, 2.45) is 18.4 Å². The molecule has 3 heterocycles. The molecule has 1 fully saturated rings. The molecule has 1 aromatic carbocycles. The van der Waals surface area contributed by atoms with Gasteiger partial charge in [0.25, 0.3) is 5.91 Å². The largest absolute Gasteiger partial charge is 0.493 e. The van der Waals surface area contributed by atoms with Crippen molar-refractivity contribution in [2.45, 2.75) is 6.42 Å². The second kappa shape index (κ2) is 5.65. The molecule has 6 heteroatoms. The Balaban J connectivity index is 1.68. The van der Waals surface area contributed by atoms with Crippen LogP contribution in [0.1, 0.15) is 16.1 Å². The number of carbonyl (C=O) groups excluding carboxylic acids is 1. The highest BCUT2D eigenvalue weighted by Gasteiger charge is 2.55. The van der Waals surface area contributed by atoms with E-state index >= 15 is 0 Å². The Morgan fingerprint density at radius 3 is 2.76 bits per heavy atom. The molecule has 6 nitrogen and oxygen atoms in total. The van der Waals surface area contributed by atoms with Gasteiger partial charge in [0, 0.05) is 32.3 Å². The molecular weight excluding hydrogens is 320 g/mol. The first-order valence-electron chi connectivity index (χ1n) is 8.36. The van der Waals surface area contributed by atoms with E-state index in [9.17, 15) is 14.7 Å². The van der Waals surface area contributed by atoms with E-state index in [0.717, 1.165) is 11.3 Å². The number of fused-ring (bicyclic) bond motifs is 2. The first kappa shape index (κ1) is 15.7. The summed E-state index contributed by atoms with van der Waals surface area (Å²) in [6.07, 6.45) is 2.19. The lowest BCUT2D eigenvalue weighted by Crippen LogP contribution is -2.42. The van der Waals surface area contributed by atoms with E-state index in [1.165, 1.54) is 0 Å². The summed E-state index contributed by atoms with van der Waals surface area (Å²) in [6.45, 7) is 0.902. The minimum atomic E-state index is -1.01. The van der Waals surface area contributed by atoms with E-state index in [1.54, 1.807) is 15.5 Å². The fourth-order valence-electron chi connectivity index (χ4n) is 4.03. The van der Waals surface area contributed by atoms with Gasteiger partial charge >= 0.3 is 5.97 Å². The number of benzene rings is 1. The standard InChI is InChI=1S/C19H20N2O4/c1-20-8-4-6-15(20)17(22)21-10-14-11-25-16-7-3-2-5-13(16)9-19(14,12-21)18(23)24/h2-8,14H,9-12H2,1H3,(H,23,24)/t14-,19+/m0/s1. The van der Waals surface area contributed by atoms with E-state index in [0.29, 0.717) is 25.3 Å². The Morgan fingerprint density at radius 1 is 1.24 bits per heavy atom. The van der Waals surface area contributed by atoms with E-state index < -0.39 is 11.4 Å². The monoisotopic (exact) mass is 340 g/mol. The number of aryl methyl sites for hydroxylation is 1. The van der Waals surface area contributed by atoms with Crippen molar-refractivity contribution in [3.8, 4) is 5.75 Å². The van der Waals surface area contributed by atoms with Gasteiger partial charge < -0.3 is 19.3 Å². The van der Waals surface area contributed by atoms with Gasteiger partial charge in [-0.3, -0.25) is 9.59 Å². The number of nitrogens with zero attached hydrogens (tertiary/aromatic N) is 2. The molecule has 1 N–H and O–H groups in total. The fraction of sp³-hybridized carbons (Fsp3) is 0.368. The summed E-state index contributed by atoms with van der Waals surface area (Å²) in [4.78, 5) is 26.7. The van der Waals surface area contributed by atoms with Gasteiger partial charge in [-0.2, -0.15) is 0 Å². The van der Waals surface area contributed by atoms with Crippen molar-refractivity contribution in [3.63, 3.8) is 0 Å². The summed E-state index contributed by atoms with van der Waals surface area (Å²) in [5.74, 6) is -0.478. The highest BCUT2D eigenvalue weighted by atomic mass is 16.5. The maximum Gasteiger partial charge on any atom is 0.312 e. The Bertz CT molecular complexity index is 843. The zero-order valence-corrected chi connectivity index (χ0v) is 14.0. The van der Waals surface area contributed by atoms with Crippen LogP contribution in [-0.2, 0) is 18.3 Å². The lowest BCUT2D eigenvalue weighted by Gasteiger charge is -2.27. The van der Waals surface area contributed by atoms with E-state index in [1.807, 2.05) is 43.6 Å². The van der Waals surface area contributed by atoms with Gasteiger partial charge in [0.15, 0.2) is 0 Å². The second-order valence-electron chi connectivity index (χ2n) is 6.94. The summed E-state index contributed by atoms with van der Waals surface area (Å²) in [6, 6.07) is 11.1. The van der Waals surface area contributed by atoms with Crippen molar-refractivity contribution in [1.82, 2.24) is 9.47 Å². The maximum absolute atomic E-state index is 12.8. The minimum absolute atomic E-state index is 0.130. The number of likely N-dealkylation sites (tertiary alicyclic amines) is 1. The molecule has 0 radical (unpaired) electrons. The average molecular weight is 340 g/mol. The zero-order valence-electron chi connectivity index (χ0n) is 14.0. The molecule has 0 aliphatic carbocycles. The van der Waals surface area contributed by atoms with Crippen molar-refractivity contribution in [3.05, 3.63) is 53.9 Å². The van der Waals surface area contributed by atoms with Crippen LogP contribution in [0, 0.1) is 11.3 Å². The molecule has 4 rings (SSSR count). The molecule has 0 bridgehead atoms. The summed E-state index contributed by atoms with van der Waals surface area (Å²) in [5, 5.41) is 10.0. The van der Waals surface area contributed by atoms with E-state index in [-0.39, 0.29) is 18.4 Å². The molecule has 1 amide bonds. The van der Waals surface area contributed by atoms with Crippen molar-refractivity contribution >= 4 is 11.9 Å². The molecule has 2 aromatic rings. The number of rotatable bonds is 2. The first-order chi connectivity index (χ1) is 12.0. The summed E-state index contributed by atoms with van der Waals surface area (Å²) in [5.41, 5.74) is 0.451. The van der Waals surface area contributed by atoms with Crippen LogP contribution in [0.3, 0.4) is 0 Å². The SMILES string of the molecule is Cn1cccc1C(=O)N1C[C@H]2COc3ccccc3C[C@@]2(C(=O)O)C1. The lowest BCUT2D eigenvalue weighted by atomic mass is 9.74. The number of aromatic nitrogens is 1. The Kier molecular flexibility index (Phi) is 3.56. The van der Waals surface area contributed by atoms with Gasteiger partial charge in [-0.05, 0) is 30.2 Å². The molecule has 1 aromatic heterocycles. The van der Waals surface area contributed by atoms with Gasteiger partial charge in [0.2, 0.25) is 0 Å². The van der Waals surface area contributed by atoms with E-state index in [4.69, 9.17) is 4.74 Å². The normalized spacial score (nSPS) is 24.8. The lowest BCUT2D eigenvalue weighted by molar-refractivity contribution is -0.150. The van der Waals surface area contributed by atoms with Crippen LogP contribution < -0.4 is 4.74 Å². The first-order valence-corrected chi connectivity index (χ1v) is 8.36. The number of carboxylic acids is 1. The van der Waals surface area contributed by atoms with Gasteiger partial charge in [0.1, 0.15) is 11.4 Å². The van der Waals surface area contributed by atoms with Gasteiger partial charge in [0.05, 0.1) is 12.0 Å². The van der Waals surface area contributed by atoms with Crippen molar-refractivity contribution in [1.29, 1.82) is 0 Å². The Hall–Kier alpha value is -2.76. The number of para-hydroxylation sites is 1. The third-order valence-electron chi connectivity index (χ3n) is 5.49. The Labute approximate surface area is 145 Å². The summed E-state index contributed by atoms with van der Waals surface area (Å²) < 4.78 is 7.63. The minimum Gasteiger partial charge on any atom is -0.493 e. The number of carbonyl (C=O) groups is 2. The van der Waals surface area contributed by atoms with Gasteiger partial charge in [-0.25, -0.2) is 0 Å². The number of hydrogen-bond acceptors (Lipinski definition) is 3. The molecule has 25 heavy (non-hydrogen) atoms. The smallest absolute Gasteiger partial charge is 0.312 e. The van der Waals surface area contributed by atoms with Gasteiger partial charge in [-0.1, -0.05) is 18.2 Å². The van der Waals surface area contributed by atoms with Crippen LogP contribution in [0.4, 0.5) is 0 Å². The van der Waals surface area contributed by atoms with Crippen LogP contribution in [0.25, 0.3) is 0 Å². The van der Waals surface area contributed by atoms with Gasteiger partial charge in [-0.15, -0.1) is 0 Å². The summed E-state index contributed by atoms with van der Waals surface area (Å²) in [7, 11) is 1.81. The highest BCUT2D eigenvalue weighted by molar-refractivity contribution is 5.94. The number of ether oxygens (including phenoxy) is 1. The molecule has 2 atom stereocenters. The number of amides is 1. The van der Waals surface area contributed by atoms with Crippen LogP contribution >= 0.6 is 0 Å². The van der Waals surface area contributed by atoms with Crippen molar-refractivity contribution < 1.29 is 19.4 Å². The molecule has 0 saturated carbocycles. The summed E-state index contributed by atoms with van der Waals surface area (Å²) >= 11 is 0. The molecule has 2 aliphatic heterocycles. The molecule has 2 aliphatic rings. The molecule has 0 spiro atoms. The van der Waals surface area contributed by atoms with Crippen LogP contribution in [0.5, 0.6) is 5.75 Å². The second-order valence-corrected chi connectivity index (χ2v) is 6.94. The third kappa shape index (κ3) is 2.40. The molecule has 1 saturated heterocycles. The number of carboxylic acid groups (broad SMARTS) is 1. The fourth-order valence-corrected chi connectivity index (χ4v) is 4.03. The van der Waals surface area contributed by atoms with Crippen LogP contribution in [0.15, 0.2) is 42.6 Å². The number of hydrogen-bond donors (Lipinski definition) is 1. The molecule has 0 unspecified atom stereocenters. The number of aliphatic carboxylic acids is 1. The predicted octanol–water partition coefficient (Wildman–Crippen LogP) is 1.80. The quantitative estimate of drug-likeness (QED) is 0.905. The third-order valence-corrected chi connectivity index (χ3v) is 5.49. The van der Waals surface area contributed by atoms with Crippen molar-refractivity contribution in [2.75, 3.05) is 19.7 Å². The molecular formula is C19H20N2O4. The average Bonchev–Trinajstić information content (AvgIpc) is 3.14.